The van der Waals surface area contributed by atoms with Gasteiger partial charge >= 0.3 is 6.09 Å². The predicted molar refractivity (Wildman–Crippen MR) is 71.2 cm³/mol. The second-order valence-electron chi connectivity index (χ2n) is 4.76. The molecule has 0 aromatic carbocycles. The molecule has 0 bridgehead atoms. The van der Waals surface area contributed by atoms with Crippen molar-refractivity contribution in [2.24, 2.45) is 0 Å². The maximum atomic E-state index is 11.7. The summed E-state index contributed by atoms with van der Waals surface area (Å²) < 4.78 is 5.08. The molecule has 5 nitrogen and oxygen atoms in total. The van der Waals surface area contributed by atoms with Crippen LogP contribution in [0.25, 0.3) is 0 Å². The minimum Gasteiger partial charge on any atom is -0.444 e. The zero-order valence-corrected chi connectivity index (χ0v) is 11.3. The third kappa shape index (κ3) is 7.49. The molecule has 0 spiro atoms. The fourth-order valence-corrected chi connectivity index (χ4v) is 1.14. The van der Waals surface area contributed by atoms with Crippen molar-refractivity contribution in [3.8, 4) is 0 Å². The van der Waals surface area contributed by atoms with Gasteiger partial charge in [0.25, 0.3) is 0 Å². The van der Waals surface area contributed by atoms with E-state index in [9.17, 15) is 9.59 Å². The molecule has 0 radical (unpaired) electrons. The fourth-order valence-electron chi connectivity index (χ4n) is 1.14. The maximum absolute atomic E-state index is 11.7. The number of carbonyl (C=O) groups excluding carboxylic acids is 2. The summed E-state index contributed by atoms with van der Waals surface area (Å²) in [7, 11) is 0. The summed E-state index contributed by atoms with van der Waals surface area (Å²) in [6.07, 6.45) is 2.84. The van der Waals surface area contributed by atoms with Gasteiger partial charge < -0.3 is 15.4 Å². The zero-order chi connectivity index (χ0) is 14.2. The molecule has 0 fully saturated rings. The number of carbonyl (C=O) groups is 2. The Kier molecular flexibility index (Phi) is 6.78. The van der Waals surface area contributed by atoms with Crippen molar-refractivity contribution in [3.05, 3.63) is 25.3 Å². The highest BCUT2D eigenvalue weighted by Crippen LogP contribution is 2.07. The Morgan fingerprint density at radius 2 is 1.89 bits per heavy atom. The lowest BCUT2D eigenvalue weighted by Gasteiger charge is -2.22. The van der Waals surface area contributed by atoms with Gasteiger partial charge in [0.1, 0.15) is 11.6 Å². The SMILES string of the molecule is C=CCNC(=O)C(CC=C)NC(=O)OC(C)(C)C. The summed E-state index contributed by atoms with van der Waals surface area (Å²) in [5.74, 6) is -0.291. The van der Waals surface area contributed by atoms with E-state index in [1.807, 2.05) is 0 Å². The van der Waals surface area contributed by atoms with E-state index in [1.165, 1.54) is 0 Å². The summed E-state index contributed by atoms with van der Waals surface area (Å²) in [6.45, 7) is 12.7. The van der Waals surface area contributed by atoms with Crippen LogP contribution in [-0.4, -0.2) is 30.2 Å². The largest absolute Gasteiger partial charge is 0.444 e. The topological polar surface area (TPSA) is 67.4 Å². The van der Waals surface area contributed by atoms with Crippen LogP contribution in [-0.2, 0) is 9.53 Å². The minimum atomic E-state index is -0.683. The van der Waals surface area contributed by atoms with Crippen molar-refractivity contribution in [2.45, 2.75) is 38.8 Å². The van der Waals surface area contributed by atoms with Gasteiger partial charge in [0.2, 0.25) is 5.91 Å². The number of hydrogen-bond donors (Lipinski definition) is 2. The van der Waals surface area contributed by atoms with Gasteiger partial charge in [0.05, 0.1) is 0 Å². The van der Waals surface area contributed by atoms with Crippen LogP contribution >= 0.6 is 0 Å². The standard InChI is InChI=1S/C13H22N2O3/c1-6-8-10(11(16)14-9-7-2)15-12(17)18-13(3,4)5/h6-7,10H,1-2,8-9H2,3-5H3,(H,14,16)(H,15,17). The predicted octanol–water partition coefficient (Wildman–Crippen LogP) is 1.76. The van der Waals surface area contributed by atoms with Gasteiger partial charge in [-0.3, -0.25) is 4.79 Å². The molecule has 102 valence electrons. The van der Waals surface area contributed by atoms with Gasteiger partial charge in [0.15, 0.2) is 0 Å². The Bertz CT molecular complexity index is 319. The van der Waals surface area contributed by atoms with Crippen molar-refractivity contribution >= 4 is 12.0 Å². The summed E-state index contributed by atoms with van der Waals surface area (Å²) in [5, 5.41) is 5.11. The van der Waals surface area contributed by atoms with Crippen molar-refractivity contribution in [1.82, 2.24) is 10.6 Å². The monoisotopic (exact) mass is 254 g/mol. The molecule has 18 heavy (non-hydrogen) atoms. The van der Waals surface area contributed by atoms with Crippen LogP contribution in [0.2, 0.25) is 0 Å². The van der Waals surface area contributed by atoms with Crippen LogP contribution in [0, 0.1) is 0 Å². The first-order chi connectivity index (χ1) is 8.30. The molecule has 0 saturated heterocycles. The Balaban J connectivity index is 4.42. The molecule has 0 aliphatic carbocycles. The average molecular weight is 254 g/mol. The highest BCUT2D eigenvalue weighted by molar-refractivity contribution is 5.85. The molecule has 0 aliphatic heterocycles. The quantitative estimate of drug-likeness (QED) is 0.710. The lowest BCUT2D eigenvalue weighted by atomic mass is 10.2. The third-order valence-electron chi connectivity index (χ3n) is 1.83. The van der Waals surface area contributed by atoms with Gasteiger partial charge in [-0.1, -0.05) is 12.2 Å². The normalized spacial score (nSPS) is 12.2. The van der Waals surface area contributed by atoms with Crippen molar-refractivity contribution < 1.29 is 14.3 Å². The molecule has 0 aliphatic rings. The van der Waals surface area contributed by atoms with E-state index in [-0.39, 0.29) is 5.91 Å². The van der Waals surface area contributed by atoms with Gasteiger partial charge in [-0.05, 0) is 27.2 Å². The van der Waals surface area contributed by atoms with E-state index in [0.29, 0.717) is 13.0 Å². The zero-order valence-electron chi connectivity index (χ0n) is 11.3. The molecule has 2 N–H and O–H groups in total. The number of nitrogens with one attached hydrogen (secondary N) is 2. The molecule has 0 rings (SSSR count). The molecular formula is C13H22N2O3. The second-order valence-corrected chi connectivity index (χ2v) is 4.76. The van der Waals surface area contributed by atoms with Crippen LogP contribution in [0.3, 0.4) is 0 Å². The van der Waals surface area contributed by atoms with Crippen LogP contribution in [0.5, 0.6) is 0 Å². The highest BCUT2D eigenvalue weighted by Gasteiger charge is 2.22. The molecule has 2 amide bonds. The Labute approximate surface area is 108 Å². The number of rotatable bonds is 6. The first kappa shape index (κ1) is 16.2. The number of ether oxygens (including phenoxy) is 1. The van der Waals surface area contributed by atoms with Crippen LogP contribution < -0.4 is 10.6 Å². The highest BCUT2D eigenvalue weighted by atomic mass is 16.6. The van der Waals surface area contributed by atoms with Crippen LogP contribution in [0.15, 0.2) is 25.3 Å². The van der Waals surface area contributed by atoms with Crippen LogP contribution in [0.4, 0.5) is 4.79 Å². The Hall–Kier alpha value is -1.78. The maximum Gasteiger partial charge on any atom is 0.408 e. The smallest absolute Gasteiger partial charge is 0.408 e. The molecule has 0 aromatic heterocycles. The lowest BCUT2D eigenvalue weighted by Crippen LogP contribution is -2.48. The molecule has 0 heterocycles. The Morgan fingerprint density at radius 3 is 2.33 bits per heavy atom. The van der Waals surface area contributed by atoms with Gasteiger partial charge in [-0.15, -0.1) is 13.2 Å². The van der Waals surface area contributed by atoms with Crippen molar-refractivity contribution in [1.29, 1.82) is 0 Å². The van der Waals surface area contributed by atoms with E-state index in [4.69, 9.17) is 4.74 Å². The van der Waals surface area contributed by atoms with Gasteiger partial charge in [0, 0.05) is 6.54 Å². The molecule has 0 saturated carbocycles. The minimum absolute atomic E-state index is 0.291. The van der Waals surface area contributed by atoms with Gasteiger partial charge in [-0.2, -0.15) is 0 Å². The summed E-state index contributed by atoms with van der Waals surface area (Å²) in [4.78, 5) is 23.3. The summed E-state index contributed by atoms with van der Waals surface area (Å²) >= 11 is 0. The summed E-state index contributed by atoms with van der Waals surface area (Å²) in [5.41, 5.74) is -0.597. The third-order valence-corrected chi connectivity index (χ3v) is 1.83. The first-order valence-electron chi connectivity index (χ1n) is 5.79. The summed E-state index contributed by atoms with van der Waals surface area (Å²) in [6, 6.07) is -0.683. The van der Waals surface area contributed by atoms with E-state index in [2.05, 4.69) is 23.8 Å². The van der Waals surface area contributed by atoms with E-state index < -0.39 is 17.7 Å². The van der Waals surface area contributed by atoms with E-state index in [0.717, 1.165) is 0 Å². The van der Waals surface area contributed by atoms with E-state index >= 15 is 0 Å². The average Bonchev–Trinajstić information content (AvgIpc) is 2.22. The number of hydrogen-bond acceptors (Lipinski definition) is 3. The molecule has 5 heteroatoms. The van der Waals surface area contributed by atoms with E-state index in [1.54, 1.807) is 32.9 Å². The van der Waals surface area contributed by atoms with Gasteiger partial charge in [-0.25, -0.2) is 4.79 Å². The molecule has 1 atom stereocenters. The first-order valence-corrected chi connectivity index (χ1v) is 5.79. The van der Waals surface area contributed by atoms with Crippen molar-refractivity contribution in [3.63, 3.8) is 0 Å². The molecular weight excluding hydrogens is 232 g/mol. The van der Waals surface area contributed by atoms with Crippen LogP contribution in [0.1, 0.15) is 27.2 Å². The second kappa shape index (κ2) is 7.53. The molecule has 1 unspecified atom stereocenters. The molecule has 0 aromatic rings. The lowest BCUT2D eigenvalue weighted by molar-refractivity contribution is -0.122. The number of amides is 2. The Morgan fingerprint density at radius 1 is 1.28 bits per heavy atom. The fraction of sp³-hybridized carbons (Fsp3) is 0.538. The van der Waals surface area contributed by atoms with Crippen molar-refractivity contribution in [2.75, 3.05) is 6.54 Å². The number of alkyl carbamates (subject to hydrolysis) is 1.